The van der Waals surface area contributed by atoms with Gasteiger partial charge in [0.15, 0.2) is 0 Å². The van der Waals surface area contributed by atoms with Crippen LogP contribution >= 0.6 is 11.6 Å². The second kappa shape index (κ2) is 3.39. The predicted octanol–water partition coefficient (Wildman–Crippen LogP) is 3.13. The number of phenols is 1. The zero-order valence-corrected chi connectivity index (χ0v) is 8.68. The maximum absolute atomic E-state index is 13.6. The van der Waals surface area contributed by atoms with Gasteiger partial charge in [0.2, 0.25) is 0 Å². The smallest absolute Gasteiger partial charge is 0.133 e. The van der Waals surface area contributed by atoms with Crippen LogP contribution in [0.3, 0.4) is 0 Å². The van der Waals surface area contributed by atoms with Gasteiger partial charge in [0, 0.05) is 11.6 Å². The molecule has 0 spiro atoms. The van der Waals surface area contributed by atoms with Gasteiger partial charge < -0.3 is 5.11 Å². The molecule has 4 heteroatoms. The van der Waals surface area contributed by atoms with Crippen molar-refractivity contribution in [3.05, 3.63) is 28.5 Å². The molecule has 1 aromatic rings. The molecular formula is C11H9ClFNO. The van der Waals surface area contributed by atoms with Gasteiger partial charge >= 0.3 is 0 Å². The van der Waals surface area contributed by atoms with Crippen LogP contribution in [-0.2, 0) is 5.41 Å². The van der Waals surface area contributed by atoms with Gasteiger partial charge in [-0.15, -0.1) is 0 Å². The van der Waals surface area contributed by atoms with E-state index in [4.69, 9.17) is 22.0 Å². The normalized spacial score (nSPS) is 17.9. The summed E-state index contributed by atoms with van der Waals surface area (Å²) in [7, 11) is 0. The minimum atomic E-state index is -0.783. The third-order valence-corrected chi connectivity index (χ3v) is 3.22. The zero-order valence-electron chi connectivity index (χ0n) is 7.93. The molecule has 1 fully saturated rings. The van der Waals surface area contributed by atoms with Crippen molar-refractivity contribution in [2.24, 2.45) is 0 Å². The van der Waals surface area contributed by atoms with Crippen LogP contribution in [0.5, 0.6) is 5.75 Å². The van der Waals surface area contributed by atoms with E-state index in [2.05, 4.69) is 6.07 Å². The summed E-state index contributed by atoms with van der Waals surface area (Å²) in [6.07, 6.45) is 2.17. The van der Waals surface area contributed by atoms with Crippen molar-refractivity contribution in [1.29, 1.82) is 5.26 Å². The van der Waals surface area contributed by atoms with Gasteiger partial charge in [0.1, 0.15) is 11.6 Å². The topological polar surface area (TPSA) is 44.0 Å². The van der Waals surface area contributed by atoms with Crippen LogP contribution in [0.25, 0.3) is 0 Å². The van der Waals surface area contributed by atoms with Gasteiger partial charge in [0.25, 0.3) is 0 Å². The van der Waals surface area contributed by atoms with Crippen LogP contribution in [0.4, 0.5) is 4.39 Å². The molecule has 0 aromatic heterocycles. The molecule has 0 heterocycles. The van der Waals surface area contributed by atoms with Gasteiger partial charge in [-0.3, -0.25) is 0 Å². The SMILES string of the molecule is N#CC1(c2c(F)cc(O)cc2Cl)CCC1. The van der Waals surface area contributed by atoms with E-state index in [9.17, 15) is 4.39 Å². The van der Waals surface area contributed by atoms with Crippen molar-refractivity contribution in [3.8, 4) is 11.8 Å². The van der Waals surface area contributed by atoms with E-state index in [1.54, 1.807) is 0 Å². The zero-order chi connectivity index (χ0) is 11.1. The van der Waals surface area contributed by atoms with Crippen LogP contribution < -0.4 is 0 Å². The lowest BCUT2D eigenvalue weighted by Gasteiger charge is -2.36. The number of rotatable bonds is 1. The van der Waals surface area contributed by atoms with Crippen LogP contribution in [0, 0.1) is 17.1 Å². The second-order valence-electron chi connectivity index (χ2n) is 3.83. The molecule has 0 unspecified atom stereocenters. The molecule has 0 aliphatic heterocycles. The number of aromatic hydroxyl groups is 1. The van der Waals surface area contributed by atoms with E-state index in [1.807, 2.05) is 0 Å². The maximum Gasteiger partial charge on any atom is 0.133 e. The van der Waals surface area contributed by atoms with Crippen molar-refractivity contribution < 1.29 is 9.50 Å². The fraction of sp³-hybridized carbons (Fsp3) is 0.364. The standard InChI is InChI=1S/C11H9ClFNO/c12-8-4-7(15)5-9(13)10(8)11(6-14)2-1-3-11/h4-5,15H,1-3H2. The Morgan fingerprint density at radius 2 is 2.13 bits per heavy atom. The van der Waals surface area contributed by atoms with Crippen LogP contribution in [0.15, 0.2) is 12.1 Å². The number of nitriles is 1. The van der Waals surface area contributed by atoms with E-state index in [0.717, 1.165) is 12.5 Å². The first-order chi connectivity index (χ1) is 7.09. The molecule has 78 valence electrons. The van der Waals surface area contributed by atoms with Crippen molar-refractivity contribution >= 4 is 11.6 Å². The Bertz CT molecular complexity index is 425. The van der Waals surface area contributed by atoms with E-state index >= 15 is 0 Å². The lowest BCUT2D eigenvalue weighted by molar-refractivity contribution is 0.312. The quantitative estimate of drug-likeness (QED) is 0.798. The number of nitrogens with zero attached hydrogens (tertiary/aromatic N) is 1. The molecule has 0 radical (unpaired) electrons. The Balaban J connectivity index is 2.58. The Morgan fingerprint density at radius 3 is 2.53 bits per heavy atom. The lowest BCUT2D eigenvalue weighted by atomic mass is 9.65. The molecule has 0 atom stereocenters. The summed E-state index contributed by atoms with van der Waals surface area (Å²) in [6.45, 7) is 0. The van der Waals surface area contributed by atoms with E-state index in [-0.39, 0.29) is 16.3 Å². The van der Waals surface area contributed by atoms with Crippen molar-refractivity contribution in [2.45, 2.75) is 24.7 Å². The maximum atomic E-state index is 13.6. The first-order valence-electron chi connectivity index (χ1n) is 4.69. The van der Waals surface area contributed by atoms with Gasteiger partial charge in [-0.25, -0.2) is 4.39 Å². The molecule has 1 aliphatic rings. The predicted molar refractivity (Wildman–Crippen MR) is 54.2 cm³/mol. The first-order valence-corrected chi connectivity index (χ1v) is 5.06. The highest BCUT2D eigenvalue weighted by atomic mass is 35.5. The molecule has 0 bridgehead atoms. The fourth-order valence-corrected chi connectivity index (χ4v) is 2.35. The van der Waals surface area contributed by atoms with Gasteiger partial charge in [-0.2, -0.15) is 5.26 Å². The molecule has 1 N–H and O–H groups in total. The molecule has 15 heavy (non-hydrogen) atoms. The highest BCUT2D eigenvalue weighted by Gasteiger charge is 2.42. The molecule has 2 rings (SSSR count). The minimum absolute atomic E-state index is 0.133. The third kappa shape index (κ3) is 1.46. The highest BCUT2D eigenvalue weighted by Crippen LogP contribution is 2.47. The molecular weight excluding hydrogens is 217 g/mol. The van der Waals surface area contributed by atoms with Crippen LogP contribution in [0.1, 0.15) is 24.8 Å². The summed E-state index contributed by atoms with van der Waals surface area (Å²) in [5, 5.41) is 18.3. The third-order valence-electron chi connectivity index (χ3n) is 2.93. The van der Waals surface area contributed by atoms with Crippen molar-refractivity contribution in [3.63, 3.8) is 0 Å². The van der Waals surface area contributed by atoms with Gasteiger partial charge in [-0.05, 0) is 25.3 Å². The number of hydrogen-bond acceptors (Lipinski definition) is 2. The summed E-state index contributed by atoms with van der Waals surface area (Å²) >= 11 is 5.86. The molecule has 1 aliphatic carbocycles. The average Bonchev–Trinajstić information content (AvgIpc) is 2.07. The summed E-state index contributed by atoms with van der Waals surface area (Å²) in [4.78, 5) is 0. The van der Waals surface area contributed by atoms with Crippen LogP contribution in [-0.4, -0.2) is 5.11 Å². The molecule has 0 saturated heterocycles. The molecule has 2 nitrogen and oxygen atoms in total. The summed E-state index contributed by atoms with van der Waals surface area (Å²) < 4.78 is 13.6. The monoisotopic (exact) mass is 225 g/mol. The Hall–Kier alpha value is -1.27. The average molecular weight is 226 g/mol. The van der Waals surface area contributed by atoms with Gasteiger partial charge in [-0.1, -0.05) is 11.6 Å². The molecule has 1 saturated carbocycles. The Kier molecular flexibility index (Phi) is 2.32. The summed E-state index contributed by atoms with van der Waals surface area (Å²) in [5.41, 5.74) is -0.551. The summed E-state index contributed by atoms with van der Waals surface area (Å²) in [6, 6.07) is 4.40. The number of phenolic OH excluding ortho intramolecular Hbond substituents is 1. The Morgan fingerprint density at radius 1 is 1.47 bits per heavy atom. The Labute approximate surface area is 91.9 Å². The fourth-order valence-electron chi connectivity index (χ4n) is 1.96. The lowest BCUT2D eigenvalue weighted by Crippen LogP contribution is -2.33. The highest BCUT2D eigenvalue weighted by molar-refractivity contribution is 6.31. The van der Waals surface area contributed by atoms with Crippen LogP contribution in [0.2, 0.25) is 5.02 Å². The second-order valence-corrected chi connectivity index (χ2v) is 4.24. The van der Waals surface area contributed by atoms with E-state index in [1.165, 1.54) is 6.07 Å². The first kappa shape index (κ1) is 10.3. The minimum Gasteiger partial charge on any atom is -0.508 e. The largest absolute Gasteiger partial charge is 0.508 e. The van der Waals surface area contributed by atoms with Gasteiger partial charge in [0.05, 0.1) is 16.5 Å². The van der Waals surface area contributed by atoms with E-state index < -0.39 is 11.2 Å². The van der Waals surface area contributed by atoms with Crippen molar-refractivity contribution in [2.75, 3.05) is 0 Å². The van der Waals surface area contributed by atoms with E-state index in [0.29, 0.717) is 12.8 Å². The molecule has 0 amide bonds. The summed E-state index contributed by atoms with van der Waals surface area (Å²) in [5.74, 6) is -0.810. The molecule has 1 aromatic carbocycles. The number of hydrogen-bond donors (Lipinski definition) is 1. The number of halogens is 2. The van der Waals surface area contributed by atoms with Crippen molar-refractivity contribution in [1.82, 2.24) is 0 Å². The number of benzene rings is 1.